The van der Waals surface area contributed by atoms with Gasteiger partial charge in [0.1, 0.15) is 0 Å². The molecule has 0 fully saturated rings. The second-order valence-corrected chi connectivity index (χ2v) is 4.95. The molecule has 0 atom stereocenters. The van der Waals surface area contributed by atoms with Crippen LogP contribution in [-0.4, -0.2) is 0 Å². The number of nitrogens with two attached hydrogens (primary N) is 1. The highest BCUT2D eigenvalue weighted by Gasteiger charge is 2.02. The fourth-order valence-corrected chi connectivity index (χ4v) is 2.25. The molecule has 17 heavy (non-hydrogen) atoms. The normalized spacial score (nSPS) is 10.2. The predicted molar refractivity (Wildman–Crippen MR) is 77.3 cm³/mol. The summed E-state index contributed by atoms with van der Waals surface area (Å²) in [4.78, 5) is 0. The highest BCUT2D eigenvalue weighted by Crippen LogP contribution is 2.25. The van der Waals surface area contributed by atoms with Gasteiger partial charge in [0.15, 0.2) is 0 Å². The molecular formula is C13H12BrClN2. The first kappa shape index (κ1) is 12.3. The summed E-state index contributed by atoms with van der Waals surface area (Å²) >= 11 is 9.55. The van der Waals surface area contributed by atoms with Gasteiger partial charge in [0.25, 0.3) is 0 Å². The molecule has 0 aliphatic carbocycles. The van der Waals surface area contributed by atoms with E-state index in [1.54, 1.807) is 0 Å². The molecule has 0 amide bonds. The third kappa shape index (κ3) is 3.14. The molecule has 0 heterocycles. The number of rotatable bonds is 3. The topological polar surface area (TPSA) is 38.0 Å². The maximum absolute atomic E-state index is 6.08. The second-order valence-electron chi connectivity index (χ2n) is 3.68. The van der Waals surface area contributed by atoms with Gasteiger partial charge in [-0.05, 0) is 45.8 Å². The summed E-state index contributed by atoms with van der Waals surface area (Å²) in [6.45, 7) is 0.683. The number of anilines is 2. The zero-order valence-electron chi connectivity index (χ0n) is 9.08. The Hall–Kier alpha value is -1.19. The van der Waals surface area contributed by atoms with Crippen molar-refractivity contribution in [1.82, 2.24) is 0 Å². The van der Waals surface area contributed by atoms with E-state index in [9.17, 15) is 0 Å². The van der Waals surface area contributed by atoms with Crippen LogP contribution < -0.4 is 11.1 Å². The number of halogens is 2. The van der Waals surface area contributed by atoms with Crippen molar-refractivity contribution >= 4 is 38.9 Å². The van der Waals surface area contributed by atoms with Crippen molar-refractivity contribution in [2.75, 3.05) is 11.1 Å². The summed E-state index contributed by atoms with van der Waals surface area (Å²) in [6, 6.07) is 13.5. The van der Waals surface area contributed by atoms with Crippen molar-refractivity contribution in [3.05, 3.63) is 57.5 Å². The predicted octanol–water partition coefficient (Wildman–Crippen LogP) is 4.30. The summed E-state index contributed by atoms with van der Waals surface area (Å²) < 4.78 is 0.949. The first-order valence-electron chi connectivity index (χ1n) is 5.19. The van der Waals surface area contributed by atoms with Gasteiger partial charge in [-0.2, -0.15) is 0 Å². The molecular weight excluding hydrogens is 300 g/mol. The number of benzene rings is 2. The molecule has 2 aromatic carbocycles. The van der Waals surface area contributed by atoms with E-state index in [1.807, 2.05) is 42.5 Å². The van der Waals surface area contributed by atoms with E-state index >= 15 is 0 Å². The van der Waals surface area contributed by atoms with Gasteiger partial charge in [-0.25, -0.2) is 0 Å². The van der Waals surface area contributed by atoms with E-state index in [2.05, 4.69) is 21.2 Å². The number of hydrogen-bond donors (Lipinski definition) is 2. The fraction of sp³-hybridized carbons (Fsp3) is 0.0769. The molecule has 88 valence electrons. The van der Waals surface area contributed by atoms with Crippen LogP contribution in [0.1, 0.15) is 5.56 Å². The van der Waals surface area contributed by atoms with Gasteiger partial charge in [0, 0.05) is 27.4 Å². The van der Waals surface area contributed by atoms with Crippen LogP contribution in [0.25, 0.3) is 0 Å². The summed E-state index contributed by atoms with van der Waals surface area (Å²) in [7, 11) is 0. The van der Waals surface area contributed by atoms with Gasteiger partial charge < -0.3 is 11.1 Å². The molecule has 2 nitrogen and oxygen atoms in total. The van der Waals surface area contributed by atoms with E-state index in [1.165, 1.54) is 0 Å². The lowest BCUT2D eigenvalue weighted by Crippen LogP contribution is -2.01. The van der Waals surface area contributed by atoms with Crippen molar-refractivity contribution in [1.29, 1.82) is 0 Å². The number of nitrogens with one attached hydrogen (secondary N) is 1. The van der Waals surface area contributed by atoms with Gasteiger partial charge in [-0.15, -0.1) is 0 Å². The minimum atomic E-state index is 0.683. The van der Waals surface area contributed by atoms with Crippen molar-refractivity contribution in [3.8, 4) is 0 Å². The van der Waals surface area contributed by atoms with Crippen LogP contribution >= 0.6 is 27.5 Å². The Bertz CT molecular complexity index is 529. The number of nitrogen functional groups attached to an aromatic ring is 1. The Morgan fingerprint density at radius 2 is 1.94 bits per heavy atom. The van der Waals surface area contributed by atoms with Gasteiger partial charge in [-0.1, -0.05) is 29.8 Å². The molecule has 0 saturated carbocycles. The lowest BCUT2D eigenvalue weighted by Gasteiger charge is -2.10. The van der Waals surface area contributed by atoms with Crippen LogP contribution in [0, 0.1) is 0 Å². The first-order chi connectivity index (χ1) is 8.16. The Morgan fingerprint density at radius 3 is 2.65 bits per heavy atom. The molecule has 0 aromatic heterocycles. The van der Waals surface area contributed by atoms with Gasteiger partial charge in [0.05, 0.1) is 0 Å². The van der Waals surface area contributed by atoms with Crippen LogP contribution in [0.4, 0.5) is 11.4 Å². The summed E-state index contributed by atoms with van der Waals surface area (Å²) in [5, 5.41) is 4.08. The molecule has 2 aromatic rings. The maximum atomic E-state index is 6.08. The zero-order valence-corrected chi connectivity index (χ0v) is 11.4. The molecule has 0 aliphatic rings. The van der Waals surface area contributed by atoms with E-state index in [4.69, 9.17) is 17.3 Å². The zero-order chi connectivity index (χ0) is 12.3. The van der Waals surface area contributed by atoms with Crippen LogP contribution in [0.5, 0.6) is 0 Å². The van der Waals surface area contributed by atoms with Crippen molar-refractivity contribution in [2.45, 2.75) is 6.54 Å². The Kier molecular flexibility index (Phi) is 3.92. The molecule has 3 N–H and O–H groups in total. The van der Waals surface area contributed by atoms with E-state index in [-0.39, 0.29) is 0 Å². The third-order valence-corrected chi connectivity index (χ3v) is 3.45. The van der Waals surface area contributed by atoms with Crippen LogP contribution in [0.3, 0.4) is 0 Å². The molecule has 0 radical (unpaired) electrons. The van der Waals surface area contributed by atoms with Gasteiger partial charge >= 0.3 is 0 Å². The molecule has 0 unspecified atom stereocenters. The molecule has 4 heteroatoms. The van der Waals surface area contributed by atoms with Crippen molar-refractivity contribution in [2.24, 2.45) is 0 Å². The standard InChI is InChI=1S/C13H12BrClN2/c14-11-7-10(16)5-6-13(11)17-8-9-3-1-2-4-12(9)15/h1-7,17H,8,16H2. The molecule has 2 rings (SSSR count). The van der Waals surface area contributed by atoms with E-state index in [0.29, 0.717) is 6.54 Å². The van der Waals surface area contributed by atoms with Crippen LogP contribution in [0.2, 0.25) is 5.02 Å². The second kappa shape index (κ2) is 5.43. The maximum Gasteiger partial charge on any atom is 0.0488 e. The SMILES string of the molecule is Nc1ccc(NCc2ccccc2Cl)c(Br)c1. The smallest absolute Gasteiger partial charge is 0.0488 e. The Labute approximate surface area is 114 Å². The Morgan fingerprint density at radius 1 is 1.18 bits per heavy atom. The van der Waals surface area contributed by atoms with E-state index in [0.717, 1.165) is 26.4 Å². The minimum Gasteiger partial charge on any atom is -0.399 e. The average Bonchev–Trinajstić information content (AvgIpc) is 2.30. The van der Waals surface area contributed by atoms with Crippen molar-refractivity contribution < 1.29 is 0 Å². The molecule has 0 spiro atoms. The first-order valence-corrected chi connectivity index (χ1v) is 6.36. The highest BCUT2D eigenvalue weighted by molar-refractivity contribution is 9.10. The Balaban J connectivity index is 2.10. The molecule has 0 aliphatic heterocycles. The fourth-order valence-electron chi connectivity index (χ4n) is 1.51. The van der Waals surface area contributed by atoms with Gasteiger partial charge in [-0.3, -0.25) is 0 Å². The summed E-state index contributed by atoms with van der Waals surface area (Å²) in [6.07, 6.45) is 0. The monoisotopic (exact) mass is 310 g/mol. The van der Waals surface area contributed by atoms with E-state index < -0.39 is 0 Å². The average molecular weight is 312 g/mol. The largest absolute Gasteiger partial charge is 0.399 e. The van der Waals surface area contributed by atoms with Crippen molar-refractivity contribution in [3.63, 3.8) is 0 Å². The lowest BCUT2D eigenvalue weighted by atomic mass is 10.2. The van der Waals surface area contributed by atoms with Crippen LogP contribution in [0.15, 0.2) is 46.9 Å². The highest BCUT2D eigenvalue weighted by atomic mass is 79.9. The molecule has 0 saturated heterocycles. The van der Waals surface area contributed by atoms with Crippen LogP contribution in [-0.2, 0) is 6.54 Å². The minimum absolute atomic E-state index is 0.683. The quantitative estimate of drug-likeness (QED) is 0.830. The molecule has 0 bridgehead atoms. The van der Waals surface area contributed by atoms with Gasteiger partial charge in [0.2, 0.25) is 0 Å². The lowest BCUT2D eigenvalue weighted by molar-refractivity contribution is 1.15. The number of hydrogen-bond acceptors (Lipinski definition) is 2. The summed E-state index contributed by atoms with van der Waals surface area (Å²) in [5.41, 5.74) is 8.48. The third-order valence-electron chi connectivity index (χ3n) is 2.42. The summed E-state index contributed by atoms with van der Waals surface area (Å²) in [5.74, 6) is 0.